The fraction of sp³-hybridized carbons (Fsp3) is 0.500. The molecule has 1 fully saturated rings. The second-order valence-corrected chi connectivity index (χ2v) is 5.56. The largest absolute Gasteiger partial charge is 0.397 e. The van der Waals surface area contributed by atoms with E-state index < -0.39 is 0 Å². The van der Waals surface area contributed by atoms with Gasteiger partial charge in [-0.2, -0.15) is 0 Å². The summed E-state index contributed by atoms with van der Waals surface area (Å²) in [6, 6.07) is 3.60. The maximum atomic E-state index is 12.2. The number of carbonyl (C=O) groups is 1. The molecule has 0 saturated carbocycles. The van der Waals surface area contributed by atoms with E-state index in [1.165, 1.54) is 11.8 Å². The summed E-state index contributed by atoms with van der Waals surface area (Å²) in [5.74, 6) is 0.159. The first kappa shape index (κ1) is 13.2. The smallest absolute Gasteiger partial charge is 0.235 e. The Balaban J connectivity index is 1.96. The van der Waals surface area contributed by atoms with Crippen molar-refractivity contribution in [3.63, 3.8) is 0 Å². The molecule has 5 nitrogen and oxygen atoms in total. The van der Waals surface area contributed by atoms with Crippen LogP contribution in [0.2, 0.25) is 0 Å². The van der Waals surface area contributed by atoms with Crippen molar-refractivity contribution in [3.05, 3.63) is 18.3 Å². The average Bonchev–Trinajstić information content (AvgIpc) is 2.41. The molecule has 98 valence electrons. The van der Waals surface area contributed by atoms with E-state index in [1.807, 2.05) is 11.8 Å². The number of nitrogens with two attached hydrogens (primary N) is 1. The number of anilines is 1. The van der Waals surface area contributed by atoms with E-state index >= 15 is 0 Å². The Labute approximate surface area is 111 Å². The minimum Gasteiger partial charge on any atom is -0.397 e. The number of piperazine rings is 1. The number of nitrogens with zero attached hydrogens (tertiary/aromatic N) is 2. The Bertz CT molecular complexity index is 420. The maximum absolute atomic E-state index is 12.2. The lowest BCUT2D eigenvalue weighted by Crippen LogP contribution is -2.48. The highest BCUT2D eigenvalue weighted by atomic mass is 32.2. The SMILES string of the molecule is CC(Sc1ncccc1N)C(=O)N1CCNCC1. The van der Waals surface area contributed by atoms with Crippen LogP contribution in [-0.4, -0.2) is 47.2 Å². The summed E-state index contributed by atoms with van der Waals surface area (Å²) in [5, 5.41) is 3.81. The molecule has 0 aliphatic carbocycles. The van der Waals surface area contributed by atoms with E-state index in [0.717, 1.165) is 31.2 Å². The number of hydrogen-bond acceptors (Lipinski definition) is 5. The van der Waals surface area contributed by atoms with Gasteiger partial charge in [0.2, 0.25) is 5.91 Å². The Morgan fingerprint density at radius 2 is 2.28 bits per heavy atom. The van der Waals surface area contributed by atoms with Crippen LogP contribution >= 0.6 is 11.8 Å². The lowest BCUT2D eigenvalue weighted by atomic mass is 10.3. The van der Waals surface area contributed by atoms with Crippen molar-refractivity contribution in [2.24, 2.45) is 0 Å². The van der Waals surface area contributed by atoms with Gasteiger partial charge in [0.25, 0.3) is 0 Å². The predicted octanol–water partition coefficient (Wildman–Crippen LogP) is 0.576. The minimum absolute atomic E-state index is 0.153. The number of nitrogen functional groups attached to an aromatic ring is 1. The molecule has 1 aliphatic rings. The Hall–Kier alpha value is -1.27. The summed E-state index contributed by atoms with van der Waals surface area (Å²) in [6.45, 7) is 5.20. The fourth-order valence-electron chi connectivity index (χ4n) is 1.86. The number of carbonyl (C=O) groups excluding carboxylic acids is 1. The van der Waals surface area contributed by atoms with Gasteiger partial charge in [0.1, 0.15) is 5.03 Å². The van der Waals surface area contributed by atoms with Gasteiger partial charge in [0.05, 0.1) is 10.9 Å². The quantitative estimate of drug-likeness (QED) is 0.783. The number of rotatable bonds is 3. The van der Waals surface area contributed by atoms with E-state index in [0.29, 0.717) is 5.69 Å². The van der Waals surface area contributed by atoms with Crippen molar-refractivity contribution in [1.82, 2.24) is 15.2 Å². The molecule has 0 radical (unpaired) electrons. The topological polar surface area (TPSA) is 71.2 Å². The molecule has 1 aromatic rings. The number of thioether (sulfide) groups is 1. The average molecular weight is 266 g/mol. The normalized spacial score (nSPS) is 17.5. The summed E-state index contributed by atoms with van der Waals surface area (Å²) < 4.78 is 0. The Morgan fingerprint density at radius 1 is 1.56 bits per heavy atom. The monoisotopic (exact) mass is 266 g/mol. The molecule has 1 aromatic heterocycles. The molecule has 0 bridgehead atoms. The van der Waals surface area contributed by atoms with E-state index in [2.05, 4.69) is 10.3 Å². The highest BCUT2D eigenvalue weighted by Crippen LogP contribution is 2.27. The first-order chi connectivity index (χ1) is 8.68. The molecular weight excluding hydrogens is 248 g/mol. The van der Waals surface area contributed by atoms with Gasteiger partial charge in [0, 0.05) is 32.4 Å². The first-order valence-electron chi connectivity index (χ1n) is 6.05. The molecule has 2 rings (SSSR count). The summed E-state index contributed by atoms with van der Waals surface area (Å²) in [7, 11) is 0. The summed E-state index contributed by atoms with van der Waals surface area (Å²) >= 11 is 1.42. The molecule has 1 unspecified atom stereocenters. The van der Waals surface area contributed by atoms with Crippen molar-refractivity contribution in [2.45, 2.75) is 17.2 Å². The Kier molecular flexibility index (Phi) is 4.43. The zero-order valence-corrected chi connectivity index (χ0v) is 11.2. The minimum atomic E-state index is -0.153. The van der Waals surface area contributed by atoms with E-state index in [1.54, 1.807) is 18.3 Å². The van der Waals surface area contributed by atoms with Crippen LogP contribution in [-0.2, 0) is 4.79 Å². The number of amides is 1. The third-order valence-electron chi connectivity index (χ3n) is 2.87. The molecule has 1 saturated heterocycles. The highest BCUT2D eigenvalue weighted by Gasteiger charge is 2.23. The molecule has 6 heteroatoms. The van der Waals surface area contributed by atoms with Crippen LogP contribution in [0, 0.1) is 0 Å². The molecular formula is C12H18N4OS. The van der Waals surface area contributed by atoms with Gasteiger partial charge in [-0.05, 0) is 19.1 Å². The molecule has 3 N–H and O–H groups in total. The van der Waals surface area contributed by atoms with Crippen LogP contribution in [0.25, 0.3) is 0 Å². The van der Waals surface area contributed by atoms with Crippen LogP contribution in [0.5, 0.6) is 0 Å². The van der Waals surface area contributed by atoms with E-state index in [4.69, 9.17) is 5.73 Å². The standard InChI is InChI=1S/C12H18N4OS/c1-9(12(17)16-7-5-14-6-8-16)18-11-10(13)3-2-4-15-11/h2-4,9,14H,5-8,13H2,1H3. The summed E-state index contributed by atoms with van der Waals surface area (Å²) in [6.07, 6.45) is 1.70. The number of aromatic nitrogens is 1. The molecule has 18 heavy (non-hydrogen) atoms. The number of pyridine rings is 1. The molecule has 2 heterocycles. The molecule has 1 aliphatic heterocycles. The zero-order valence-electron chi connectivity index (χ0n) is 10.4. The highest BCUT2D eigenvalue weighted by molar-refractivity contribution is 8.00. The lowest BCUT2D eigenvalue weighted by molar-refractivity contribution is -0.130. The van der Waals surface area contributed by atoms with E-state index in [9.17, 15) is 4.79 Å². The van der Waals surface area contributed by atoms with Gasteiger partial charge >= 0.3 is 0 Å². The predicted molar refractivity (Wildman–Crippen MR) is 73.4 cm³/mol. The van der Waals surface area contributed by atoms with Gasteiger partial charge in [-0.25, -0.2) is 4.98 Å². The number of nitrogens with one attached hydrogen (secondary N) is 1. The fourth-order valence-corrected chi connectivity index (χ4v) is 2.77. The molecule has 1 atom stereocenters. The maximum Gasteiger partial charge on any atom is 0.235 e. The third kappa shape index (κ3) is 3.14. The van der Waals surface area contributed by atoms with Gasteiger partial charge in [0.15, 0.2) is 0 Å². The summed E-state index contributed by atoms with van der Waals surface area (Å²) in [5.41, 5.74) is 6.46. The van der Waals surface area contributed by atoms with Crippen LogP contribution in [0.15, 0.2) is 23.4 Å². The zero-order chi connectivity index (χ0) is 13.0. The van der Waals surface area contributed by atoms with Crippen molar-refractivity contribution in [3.8, 4) is 0 Å². The third-order valence-corrected chi connectivity index (χ3v) is 3.98. The summed E-state index contributed by atoms with van der Waals surface area (Å²) in [4.78, 5) is 18.3. The second kappa shape index (κ2) is 6.06. The second-order valence-electron chi connectivity index (χ2n) is 4.23. The van der Waals surface area contributed by atoms with Crippen molar-refractivity contribution in [1.29, 1.82) is 0 Å². The van der Waals surface area contributed by atoms with Gasteiger partial charge in [-0.3, -0.25) is 4.79 Å². The molecule has 0 spiro atoms. The van der Waals surface area contributed by atoms with Crippen molar-refractivity contribution in [2.75, 3.05) is 31.9 Å². The van der Waals surface area contributed by atoms with Crippen LogP contribution < -0.4 is 11.1 Å². The van der Waals surface area contributed by atoms with Crippen LogP contribution in [0.1, 0.15) is 6.92 Å². The first-order valence-corrected chi connectivity index (χ1v) is 6.93. The van der Waals surface area contributed by atoms with Crippen LogP contribution in [0.3, 0.4) is 0 Å². The van der Waals surface area contributed by atoms with Crippen molar-refractivity contribution < 1.29 is 4.79 Å². The van der Waals surface area contributed by atoms with Gasteiger partial charge in [-0.15, -0.1) is 0 Å². The van der Waals surface area contributed by atoms with Crippen LogP contribution in [0.4, 0.5) is 5.69 Å². The van der Waals surface area contributed by atoms with Gasteiger partial charge in [-0.1, -0.05) is 11.8 Å². The van der Waals surface area contributed by atoms with Gasteiger partial charge < -0.3 is 16.0 Å². The lowest BCUT2D eigenvalue weighted by Gasteiger charge is -2.29. The van der Waals surface area contributed by atoms with E-state index in [-0.39, 0.29) is 11.2 Å². The molecule has 0 aromatic carbocycles. The van der Waals surface area contributed by atoms with Crippen molar-refractivity contribution >= 4 is 23.4 Å². The Morgan fingerprint density at radius 3 is 2.94 bits per heavy atom. The number of hydrogen-bond donors (Lipinski definition) is 2. The molecule has 1 amide bonds.